The Morgan fingerprint density at radius 3 is 2.21 bits per heavy atom. The van der Waals surface area contributed by atoms with Crippen LogP contribution in [0.15, 0.2) is 84.9 Å². The van der Waals surface area contributed by atoms with Crippen molar-refractivity contribution in [1.29, 1.82) is 0 Å². The van der Waals surface area contributed by atoms with Crippen LogP contribution in [0.3, 0.4) is 0 Å². The van der Waals surface area contributed by atoms with Crippen LogP contribution >= 0.6 is 0 Å². The molecule has 1 amide bonds. The molecule has 1 aliphatic heterocycles. The van der Waals surface area contributed by atoms with Gasteiger partial charge in [-0.25, -0.2) is 0 Å². The normalized spacial score (nSPS) is 13.1. The van der Waals surface area contributed by atoms with Crippen molar-refractivity contribution in [1.82, 2.24) is 9.88 Å². The van der Waals surface area contributed by atoms with E-state index >= 15 is 0 Å². The molecule has 136 valence electrons. The van der Waals surface area contributed by atoms with Crippen molar-refractivity contribution < 1.29 is 4.79 Å². The lowest BCUT2D eigenvalue weighted by atomic mass is 9.97. The molecule has 0 bridgehead atoms. The highest BCUT2D eigenvalue weighted by Gasteiger charge is 2.19. The Hall–Kier alpha value is -3.59. The second kappa shape index (κ2) is 6.86. The van der Waals surface area contributed by atoms with Crippen molar-refractivity contribution in [2.24, 2.45) is 0 Å². The second-order valence-electron chi connectivity index (χ2n) is 7.01. The third-order valence-corrected chi connectivity index (χ3v) is 5.28. The highest BCUT2D eigenvalue weighted by Crippen LogP contribution is 2.30. The van der Waals surface area contributed by atoms with Crippen molar-refractivity contribution in [3.8, 4) is 0 Å². The Bertz CT molecular complexity index is 1150. The monoisotopic (exact) mass is 364 g/mol. The van der Waals surface area contributed by atoms with Crippen LogP contribution in [0.4, 0.5) is 0 Å². The van der Waals surface area contributed by atoms with E-state index in [0.29, 0.717) is 6.54 Å². The zero-order chi connectivity index (χ0) is 18.9. The third-order valence-electron chi connectivity index (χ3n) is 5.28. The van der Waals surface area contributed by atoms with Crippen molar-refractivity contribution in [3.63, 3.8) is 0 Å². The SMILES string of the molecule is O=C1NCCn2c(C=C(c3ccccc3)c3ccccc3)cc3cccc1c32. The number of amides is 1. The maximum Gasteiger partial charge on any atom is 0.253 e. The minimum Gasteiger partial charge on any atom is -0.350 e. The summed E-state index contributed by atoms with van der Waals surface area (Å²) < 4.78 is 2.26. The van der Waals surface area contributed by atoms with E-state index in [4.69, 9.17) is 0 Å². The van der Waals surface area contributed by atoms with Gasteiger partial charge < -0.3 is 9.88 Å². The molecule has 0 atom stereocenters. The molecule has 5 rings (SSSR count). The largest absolute Gasteiger partial charge is 0.350 e. The van der Waals surface area contributed by atoms with Crippen molar-refractivity contribution in [3.05, 3.63) is 107 Å². The lowest BCUT2D eigenvalue weighted by molar-refractivity contribution is 0.0956. The summed E-state index contributed by atoms with van der Waals surface area (Å²) >= 11 is 0. The van der Waals surface area contributed by atoms with Gasteiger partial charge in [-0.05, 0) is 34.9 Å². The summed E-state index contributed by atoms with van der Waals surface area (Å²) in [4.78, 5) is 12.4. The number of nitrogens with one attached hydrogen (secondary N) is 1. The smallest absolute Gasteiger partial charge is 0.253 e. The molecule has 3 heteroatoms. The van der Waals surface area contributed by atoms with Crippen molar-refractivity contribution in [2.45, 2.75) is 6.54 Å². The molecule has 1 aliphatic rings. The number of carbonyl (C=O) groups excluding carboxylic acids is 1. The number of para-hydroxylation sites is 1. The first-order valence-corrected chi connectivity index (χ1v) is 9.54. The van der Waals surface area contributed by atoms with E-state index in [2.05, 4.69) is 76.6 Å². The van der Waals surface area contributed by atoms with E-state index in [-0.39, 0.29) is 5.91 Å². The fraction of sp³-hybridized carbons (Fsp3) is 0.0800. The second-order valence-corrected chi connectivity index (χ2v) is 7.01. The summed E-state index contributed by atoms with van der Waals surface area (Å²) in [6.45, 7) is 1.39. The average molecular weight is 364 g/mol. The third kappa shape index (κ3) is 2.81. The molecular formula is C25H20N2O. The van der Waals surface area contributed by atoms with Crippen molar-refractivity contribution >= 4 is 28.5 Å². The van der Waals surface area contributed by atoms with Crippen LogP contribution in [0.2, 0.25) is 0 Å². The number of benzene rings is 3. The molecule has 0 saturated heterocycles. The molecule has 0 unspecified atom stereocenters. The maximum atomic E-state index is 12.4. The lowest BCUT2D eigenvalue weighted by Gasteiger charge is -2.11. The average Bonchev–Trinajstić information content (AvgIpc) is 3.00. The molecule has 3 nitrogen and oxygen atoms in total. The Kier molecular flexibility index (Phi) is 4.06. The zero-order valence-corrected chi connectivity index (χ0v) is 15.4. The lowest BCUT2D eigenvalue weighted by Crippen LogP contribution is -2.24. The van der Waals surface area contributed by atoms with E-state index in [1.165, 1.54) is 16.7 Å². The predicted octanol–water partition coefficient (Wildman–Crippen LogP) is 4.97. The van der Waals surface area contributed by atoms with Crippen LogP contribution in [0, 0.1) is 0 Å². The Morgan fingerprint density at radius 2 is 1.54 bits per heavy atom. The van der Waals surface area contributed by atoms with E-state index in [1.807, 2.05) is 24.3 Å². The van der Waals surface area contributed by atoms with Crippen LogP contribution in [0.1, 0.15) is 27.2 Å². The first kappa shape index (κ1) is 16.6. The number of aromatic nitrogens is 1. The number of hydrogen-bond acceptors (Lipinski definition) is 1. The summed E-state index contributed by atoms with van der Waals surface area (Å²) in [5.41, 5.74) is 6.40. The predicted molar refractivity (Wildman–Crippen MR) is 114 cm³/mol. The molecule has 0 fully saturated rings. The van der Waals surface area contributed by atoms with Crippen LogP contribution in [0.5, 0.6) is 0 Å². The molecule has 0 spiro atoms. The van der Waals surface area contributed by atoms with E-state index in [1.54, 1.807) is 0 Å². The number of hydrogen-bond donors (Lipinski definition) is 1. The van der Waals surface area contributed by atoms with Gasteiger partial charge in [-0.3, -0.25) is 4.79 Å². The van der Waals surface area contributed by atoms with Crippen LogP contribution in [-0.2, 0) is 6.54 Å². The molecule has 1 N–H and O–H groups in total. The molecule has 28 heavy (non-hydrogen) atoms. The zero-order valence-electron chi connectivity index (χ0n) is 15.4. The molecule has 0 aliphatic carbocycles. The van der Waals surface area contributed by atoms with Gasteiger partial charge in [0.05, 0.1) is 11.1 Å². The highest BCUT2D eigenvalue weighted by molar-refractivity contribution is 6.07. The van der Waals surface area contributed by atoms with Crippen LogP contribution in [0.25, 0.3) is 22.6 Å². The van der Waals surface area contributed by atoms with Crippen LogP contribution in [-0.4, -0.2) is 17.0 Å². The van der Waals surface area contributed by atoms with Gasteiger partial charge in [0.15, 0.2) is 0 Å². The standard InChI is InChI=1S/C25H20N2O/c28-25-22-13-7-12-20-16-21(27(24(20)22)15-14-26-25)17-23(18-8-3-1-4-9-18)19-10-5-2-6-11-19/h1-13,16-17H,14-15H2,(H,26,28). The van der Waals surface area contributed by atoms with E-state index in [0.717, 1.165) is 28.7 Å². The highest BCUT2D eigenvalue weighted by atomic mass is 16.1. The molecule has 0 saturated carbocycles. The first-order valence-electron chi connectivity index (χ1n) is 9.54. The van der Waals surface area contributed by atoms with Gasteiger partial charge in [-0.2, -0.15) is 0 Å². The first-order chi connectivity index (χ1) is 13.8. The molecule has 1 aromatic heterocycles. The molecule has 4 aromatic rings. The minimum absolute atomic E-state index is 0.00400. The van der Waals surface area contributed by atoms with Gasteiger partial charge in [0.25, 0.3) is 5.91 Å². The topological polar surface area (TPSA) is 34.0 Å². The summed E-state index contributed by atoms with van der Waals surface area (Å²) in [7, 11) is 0. The van der Waals surface area contributed by atoms with E-state index in [9.17, 15) is 4.79 Å². The fourth-order valence-electron chi connectivity index (χ4n) is 3.98. The molecule has 2 heterocycles. The van der Waals surface area contributed by atoms with E-state index < -0.39 is 0 Å². The minimum atomic E-state index is 0.00400. The van der Waals surface area contributed by atoms with Crippen LogP contribution < -0.4 is 5.32 Å². The quantitative estimate of drug-likeness (QED) is 0.547. The number of rotatable bonds is 3. The summed E-state index contributed by atoms with van der Waals surface area (Å²) in [6.07, 6.45) is 2.24. The van der Waals surface area contributed by atoms with Gasteiger partial charge in [0.2, 0.25) is 0 Å². The summed E-state index contributed by atoms with van der Waals surface area (Å²) in [6, 6.07) is 29.0. The van der Waals surface area contributed by atoms with Gasteiger partial charge in [-0.1, -0.05) is 72.8 Å². The Balaban J connectivity index is 1.76. The van der Waals surface area contributed by atoms with Gasteiger partial charge in [0.1, 0.15) is 0 Å². The van der Waals surface area contributed by atoms with Crippen molar-refractivity contribution in [2.75, 3.05) is 6.54 Å². The Morgan fingerprint density at radius 1 is 0.857 bits per heavy atom. The van der Waals surface area contributed by atoms with Gasteiger partial charge in [-0.15, -0.1) is 0 Å². The van der Waals surface area contributed by atoms with Gasteiger partial charge in [0, 0.05) is 24.2 Å². The maximum absolute atomic E-state index is 12.4. The Labute approximate surface area is 163 Å². The summed E-state index contributed by atoms with van der Waals surface area (Å²) in [5, 5.41) is 4.10. The molecule has 0 radical (unpaired) electrons. The fourth-order valence-corrected chi connectivity index (χ4v) is 3.98. The summed E-state index contributed by atoms with van der Waals surface area (Å²) in [5.74, 6) is 0.00400. The number of nitrogens with zero attached hydrogens (tertiary/aromatic N) is 1. The van der Waals surface area contributed by atoms with Gasteiger partial charge >= 0.3 is 0 Å². The molecular weight excluding hydrogens is 344 g/mol. The number of carbonyl (C=O) groups is 1. The molecule has 3 aromatic carbocycles.